The second kappa shape index (κ2) is 13.2. The van der Waals surface area contributed by atoms with Crippen LogP contribution in [0.5, 0.6) is 0 Å². The molecule has 0 radical (unpaired) electrons. The first kappa shape index (κ1) is 28.7. The zero-order valence-corrected chi connectivity index (χ0v) is 23.5. The van der Waals surface area contributed by atoms with Crippen molar-refractivity contribution in [1.29, 1.82) is 0 Å². The van der Waals surface area contributed by atoms with E-state index in [1.165, 1.54) is 0 Å². The van der Waals surface area contributed by atoms with Crippen molar-refractivity contribution >= 4 is 15.7 Å². The minimum atomic E-state index is -3.12. The van der Waals surface area contributed by atoms with Crippen LogP contribution in [-0.4, -0.2) is 40.6 Å². The molecule has 7 nitrogen and oxygen atoms in total. The third-order valence-corrected chi connectivity index (χ3v) is 8.50. The largest absolute Gasteiger partial charge is 0.322 e. The number of carbonyl (C=O) groups is 1. The molecule has 0 saturated carbocycles. The number of hydrogen-bond donors (Lipinski definition) is 1. The van der Waals surface area contributed by atoms with E-state index < -0.39 is 9.84 Å². The summed E-state index contributed by atoms with van der Waals surface area (Å²) in [6.45, 7) is 9.28. The van der Waals surface area contributed by atoms with Crippen LogP contribution in [0.15, 0.2) is 110 Å². The zero-order valence-electron chi connectivity index (χ0n) is 22.7. The molecule has 0 aliphatic carbocycles. The lowest BCUT2D eigenvalue weighted by Gasteiger charge is -2.14. The molecule has 3 heterocycles. The van der Waals surface area contributed by atoms with Gasteiger partial charge in [0, 0.05) is 41.6 Å². The molecule has 40 heavy (non-hydrogen) atoms. The Morgan fingerprint density at radius 1 is 1.15 bits per heavy atom. The molecular formula is C32H34N4O3S. The molecule has 1 amide bonds. The number of aromatic nitrogens is 3. The molecule has 206 valence electrons. The van der Waals surface area contributed by atoms with Crippen molar-refractivity contribution in [2.75, 3.05) is 11.5 Å². The average Bonchev–Trinajstić information content (AvgIpc) is 3.51. The fourth-order valence-corrected chi connectivity index (χ4v) is 6.45. The molecule has 4 rings (SSSR count). The Balaban J connectivity index is 1.79. The molecule has 1 unspecified atom stereocenters. The summed E-state index contributed by atoms with van der Waals surface area (Å²) >= 11 is 0. The van der Waals surface area contributed by atoms with Gasteiger partial charge in [0.25, 0.3) is 5.91 Å². The second-order valence-electron chi connectivity index (χ2n) is 9.52. The molecule has 1 saturated heterocycles. The van der Waals surface area contributed by atoms with Gasteiger partial charge in [0.15, 0.2) is 9.84 Å². The summed E-state index contributed by atoms with van der Waals surface area (Å²) in [5, 5.41) is 7.85. The summed E-state index contributed by atoms with van der Waals surface area (Å²) in [7, 11) is -3.12. The van der Waals surface area contributed by atoms with Gasteiger partial charge in [-0.25, -0.2) is 8.42 Å². The summed E-state index contributed by atoms with van der Waals surface area (Å²) < 4.78 is 26.7. The first-order valence-electron chi connectivity index (χ1n) is 13.2. The molecule has 0 spiro atoms. The van der Waals surface area contributed by atoms with Gasteiger partial charge in [-0.15, -0.1) is 0 Å². The number of sulfone groups is 1. The number of hydrogen-bond acceptors (Lipinski definition) is 5. The molecule has 8 heteroatoms. The number of nitrogens with zero attached hydrogens (tertiary/aromatic N) is 3. The molecular weight excluding hydrogens is 520 g/mol. The minimum absolute atomic E-state index is 0.0646. The maximum Gasteiger partial charge on any atom is 0.255 e. The van der Waals surface area contributed by atoms with E-state index in [1.807, 2.05) is 72.3 Å². The molecule has 0 bridgehead atoms. The first-order chi connectivity index (χ1) is 19.3. The Kier molecular flexibility index (Phi) is 9.45. The van der Waals surface area contributed by atoms with Crippen LogP contribution >= 0.6 is 0 Å². The molecule has 1 aromatic carbocycles. The highest BCUT2D eigenvalue weighted by Crippen LogP contribution is 2.33. The van der Waals surface area contributed by atoms with E-state index in [0.717, 1.165) is 16.8 Å². The standard InChI is InChI=1S/C32H34N4O3S/c1-4-7-8-9-10-17-30-28(22-24-14-13-15-25(21-24)32(37)34-26(5-2)6-3)31(29-16-11-12-19-33-29)35-36(30)27-18-20-40(38,39)23-27/h4-16,19,21,27H,1-2,17-18,20,22-23H2,3H3,(H,34,37)/b8-7-,10-9-,26-6+. The van der Waals surface area contributed by atoms with Crippen molar-refractivity contribution < 1.29 is 13.2 Å². The van der Waals surface area contributed by atoms with Crippen molar-refractivity contribution in [3.8, 4) is 11.4 Å². The van der Waals surface area contributed by atoms with Gasteiger partial charge in [0.05, 0.1) is 23.2 Å². The number of amides is 1. The van der Waals surface area contributed by atoms with Gasteiger partial charge in [-0.1, -0.05) is 67.8 Å². The van der Waals surface area contributed by atoms with Gasteiger partial charge in [-0.3, -0.25) is 14.5 Å². The Bertz CT molecular complexity index is 1580. The van der Waals surface area contributed by atoms with Crippen LogP contribution in [0.25, 0.3) is 11.4 Å². The van der Waals surface area contributed by atoms with Crippen molar-refractivity contribution in [1.82, 2.24) is 20.1 Å². The van der Waals surface area contributed by atoms with Gasteiger partial charge in [0.2, 0.25) is 0 Å². The van der Waals surface area contributed by atoms with Gasteiger partial charge >= 0.3 is 0 Å². The molecule has 1 N–H and O–H groups in total. The highest BCUT2D eigenvalue weighted by molar-refractivity contribution is 7.91. The number of benzene rings is 1. The smallest absolute Gasteiger partial charge is 0.255 e. The Labute approximate surface area is 236 Å². The van der Waals surface area contributed by atoms with E-state index in [2.05, 4.69) is 23.5 Å². The van der Waals surface area contributed by atoms with E-state index in [-0.39, 0.29) is 23.5 Å². The average molecular weight is 555 g/mol. The monoisotopic (exact) mass is 554 g/mol. The number of pyridine rings is 1. The SMILES string of the molecule is C=C/C=C\C=C/Cc1c(Cc2cccc(C(=O)N/C(C=C)=C/C)c2)c(-c2ccccn2)nn1C1CCS(=O)(=O)C1. The third kappa shape index (κ3) is 7.01. The lowest BCUT2D eigenvalue weighted by atomic mass is 9.98. The van der Waals surface area contributed by atoms with Gasteiger partial charge in [-0.05, 0) is 49.2 Å². The maximum atomic E-state index is 12.9. The van der Waals surface area contributed by atoms with Crippen molar-refractivity contribution in [2.45, 2.75) is 32.2 Å². The minimum Gasteiger partial charge on any atom is -0.322 e. The third-order valence-electron chi connectivity index (χ3n) is 6.74. The number of allylic oxidation sites excluding steroid dienone is 7. The first-order valence-corrected chi connectivity index (χ1v) is 15.0. The van der Waals surface area contributed by atoms with Gasteiger partial charge < -0.3 is 5.32 Å². The summed E-state index contributed by atoms with van der Waals surface area (Å²) in [5.74, 6) is -0.00213. The summed E-state index contributed by atoms with van der Waals surface area (Å²) in [5.41, 5.74) is 5.42. The Morgan fingerprint density at radius 3 is 2.67 bits per heavy atom. The summed E-state index contributed by atoms with van der Waals surface area (Å²) in [4.78, 5) is 17.5. The lowest BCUT2D eigenvalue weighted by Crippen LogP contribution is -2.21. The van der Waals surface area contributed by atoms with Crippen molar-refractivity contribution in [3.63, 3.8) is 0 Å². The van der Waals surface area contributed by atoms with Crippen LogP contribution in [0.2, 0.25) is 0 Å². The predicted octanol–water partition coefficient (Wildman–Crippen LogP) is 5.56. The van der Waals surface area contributed by atoms with Crippen LogP contribution in [0.1, 0.15) is 46.6 Å². The second-order valence-corrected chi connectivity index (χ2v) is 11.8. The fourth-order valence-electron chi connectivity index (χ4n) is 4.76. The van der Waals surface area contributed by atoms with Crippen LogP contribution < -0.4 is 5.32 Å². The number of nitrogens with one attached hydrogen (secondary N) is 1. The molecule has 1 aliphatic rings. The maximum absolute atomic E-state index is 12.9. The molecule has 1 aliphatic heterocycles. The number of rotatable bonds is 11. The Morgan fingerprint density at radius 2 is 2.00 bits per heavy atom. The van der Waals surface area contributed by atoms with Gasteiger partial charge in [-0.2, -0.15) is 5.10 Å². The van der Waals surface area contributed by atoms with E-state index >= 15 is 0 Å². The lowest BCUT2D eigenvalue weighted by molar-refractivity contribution is 0.0967. The van der Waals surface area contributed by atoms with Gasteiger partial charge in [0.1, 0.15) is 5.69 Å². The summed E-state index contributed by atoms with van der Waals surface area (Å²) in [6, 6.07) is 12.9. The highest BCUT2D eigenvalue weighted by Gasteiger charge is 2.33. The molecule has 3 aromatic rings. The Hall–Kier alpha value is -4.30. The van der Waals surface area contributed by atoms with Crippen molar-refractivity contribution in [3.05, 3.63) is 132 Å². The fraction of sp³-hybridized carbons (Fsp3) is 0.219. The topological polar surface area (TPSA) is 93.9 Å². The predicted molar refractivity (Wildman–Crippen MR) is 161 cm³/mol. The summed E-state index contributed by atoms with van der Waals surface area (Å²) in [6.07, 6.45) is 16.1. The highest BCUT2D eigenvalue weighted by atomic mass is 32.2. The quantitative estimate of drug-likeness (QED) is 0.314. The van der Waals surface area contributed by atoms with E-state index in [0.29, 0.717) is 41.9 Å². The van der Waals surface area contributed by atoms with Crippen LogP contribution in [-0.2, 0) is 22.7 Å². The van der Waals surface area contributed by atoms with E-state index in [9.17, 15) is 13.2 Å². The number of carbonyl (C=O) groups excluding carboxylic acids is 1. The molecule has 2 aromatic heterocycles. The van der Waals surface area contributed by atoms with Crippen LogP contribution in [0.4, 0.5) is 0 Å². The van der Waals surface area contributed by atoms with E-state index in [4.69, 9.17) is 5.10 Å². The molecule has 1 fully saturated rings. The zero-order chi connectivity index (χ0) is 28.5. The van der Waals surface area contributed by atoms with E-state index in [1.54, 1.807) is 30.5 Å². The normalized spacial score (nSPS) is 16.9. The van der Waals surface area contributed by atoms with Crippen LogP contribution in [0, 0.1) is 0 Å². The van der Waals surface area contributed by atoms with Crippen molar-refractivity contribution in [2.24, 2.45) is 0 Å². The van der Waals surface area contributed by atoms with Crippen LogP contribution in [0.3, 0.4) is 0 Å². The molecule has 1 atom stereocenters.